The van der Waals surface area contributed by atoms with E-state index in [2.05, 4.69) is 0 Å². The second-order valence-electron chi connectivity index (χ2n) is 0.231. The second-order valence-corrected chi connectivity index (χ2v) is 0.692. The summed E-state index contributed by atoms with van der Waals surface area (Å²) < 4.78 is 22.8. The molecule has 0 heterocycles. The topological polar surface area (TPSA) is 215 Å². The van der Waals surface area contributed by atoms with E-state index < -0.39 is 11.4 Å². The molecular formula is H13NaO8S. The Balaban J connectivity index is -0.00000000214. The smallest absolute Gasteiger partial charge is 1.00 e. The van der Waals surface area contributed by atoms with Crippen molar-refractivity contribution in [1.82, 2.24) is 0 Å². The predicted octanol–water partition coefficient (Wildman–Crippen LogP) is -7.33. The van der Waals surface area contributed by atoms with E-state index in [-0.39, 0.29) is 58.4 Å². The van der Waals surface area contributed by atoms with Gasteiger partial charge in [-0.05, 0) is 0 Å². The van der Waals surface area contributed by atoms with Gasteiger partial charge in [-0.2, -0.15) is 4.21 Å². The number of rotatable bonds is 0. The molecule has 0 saturated carbocycles. The van der Waals surface area contributed by atoms with Crippen molar-refractivity contribution in [3.8, 4) is 0 Å². The van der Waals surface area contributed by atoms with Crippen molar-refractivity contribution in [3.63, 3.8) is 0 Å². The molecular weight excluding hydrogens is 183 g/mol. The fourth-order valence-electron chi connectivity index (χ4n) is 0. The molecule has 0 amide bonds. The SMILES string of the molecule is O.O.O.O.O.O=S(O)O.[H-].[Na+]. The molecule has 0 aromatic carbocycles. The molecule has 0 aliphatic carbocycles. The van der Waals surface area contributed by atoms with Crippen LogP contribution in [0, 0.1) is 0 Å². The molecule has 10 heavy (non-hydrogen) atoms. The first-order valence-electron chi connectivity index (χ1n) is 0.532. The molecule has 0 fully saturated rings. The van der Waals surface area contributed by atoms with Gasteiger partial charge in [-0.1, -0.05) is 0 Å². The van der Waals surface area contributed by atoms with Gasteiger partial charge in [-0.25, -0.2) is 0 Å². The van der Waals surface area contributed by atoms with Crippen LogP contribution in [0.1, 0.15) is 1.43 Å². The Kier molecular flexibility index (Phi) is 367. The van der Waals surface area contributed by atoms with Crippen LogP contribution >= 0.6 is 0 Å². The standard InChI is InChI=1S/Na.H2O3S.5H2O.H/c;1-4(2)3;;;;;;/h;(H2,1,2,3);5*1H2;/q+1;;;;;;;-1. The maximum Gasteiger partial charge on any atom is 1.00 e. The third-order valence-corrected chi connectivity index (χ3v) is 0. The van der Waals surface area contributed by atoms with Gasteiger partial charge in [-0.3, -0.25) is 9.11 Å². The number of hydrogen-bond donors (Lipinski definition) is 2. The van der Waals surface area contributed by atoms with Gasteiger partial charge in [-0.15, -0.1) is 0 Å². The molecule has 0 bridgehead atoms. The molecule has 12 N–H and O–H groups in total. The van der Waals surface area contributed by atoms with E-state index in [9.17, 15) is 0 Å². The van der Waals surface area contributed by atoms with Gasteiger partial charge >= 0.3 is 29.6 Å². The molecule has 0 aliphatic rings. The van der Waals surface area contributed by atoms with Crippen LogP contribution < -0.4 is 29.6 Å². The molecule has 0 rings (SSSR count). The minimum absolute atomic E-state index is 0. The minimum Gasteiger partial charge on any atom is -1.00 e. The fourth-order valence-corrected chi connectivity index (χ4v) is 0. The second kappa shape index (κ2) is 51.8. The summed E-state index contributed by atoms with van der Waals surface area (Å²) in [5, 5.41) is 0. The Morgan fingerprint density at radius 3 is 0.900 bits per heavy atom. The van der Waals surface area contributed by atoms with Crippen LogP contribution in [0.2, 0.25) is 0 Å². The third kappa shape index (κ3) is 726. The minimum atomic E-state index is -2.61. The van der Waals surface area contributed by atoms with Crippen LogP contribution in [0.3, 0.4) is 0 Å². The van der Waals surface area contributed by atoms with E-state index in [4.69, 9.17) is 13.3 Å². The monoisotopic (exact) mass is 196 g/mol. The summed E-state index contributed by atoms with van der Waals surface area (Å²) in [6.45, 7) is 0. The van der Waals surface area contributed by atoms with Crippen molar-refractivity contribution >= 4 is 11.4 Å². The van der Waals surface area contributed by atoms with Gasteiger partial charge in [0.25, 0.3) is 11.4 Å². The molecule has 0 unspecified atom stereocenters. The van der Waals surface area contributed by atoms with Crippen molar-refractivity contribution in [2.24, 2.45) is 0 Å². The third-order valence-electron chi connectivity index (χ3n) is 0. The van der Waals surface area contributed by atoms with E-state index >= 15 is 0 Å². The van der Waals surface area contributed by atoms with Gasteiger partial charge in [0.1, 0.15) is 0 Å². The normalized spacial score (nSPS) is 3.50. The first-order chi connectivity index (χ1) is 1.73. The summed E-state index contributed by atoms with van der Waals surface area (Å²) in [5.74, 6) is 0. The first-order valence-corrected chi connectivity index (χ1v) is 1.60. The van der Waals surface area contributed by atoms with E-state index in [0.29, 0.717) is 0 Å². The molecule has 0 aromatic rings. The van der Waals surface area contributed by atoms with Gasteiger partial charge in [0.05, 0.1) is 0 Å². The van der Waals surface area contributed by atoms with Gasteiger partial charge < -0.3 is 28.8 Å². The summed E-state index contributed by atoms with van der Waals surface area (Å²) in [5.41, 5.74) is 0. The molecule has 8 nitrogen and oxygen atoms in total. The van der Waals surface area contributed by atoms with Crippen LogP contribution in [0.4, 0.5) is 0 Å². The average Bonchev–Trinajstić information content (AvgIpc) is 0.811. The first kappa shape index (κ1) is 70.7. The summed E-state index contributed by atoms with van der Waals surface area (Å²) in [6.07, 6.45) is 0. The van der Waals surface area contributed by atoms with Crippen molar-refractivity contribution in [3.05, 3.63) is 0 Å². The zero-order chi connectivity index (χ0) is 3.58. The Morgan fingerprint density at radius 2 is 0.900 bits per heavy atom. The van der Waals surface area contributed by atoms with E-state index in [1.165, 1.54) is 0 Å². The van der Waals surface area contributed by atoms with E-state index in [1.807, 2.05) is 0 Å². The van der Waals surface area contributed by atoms with Crippen molar-refractivity contribution < 1.29 is 71.7 Å². The zero-order valence-corrected chi connectivity index (χ0v) is 8.03. The predicted molar refractivity (Wildman–Crippen MR) is 32.6 cm³/mol. The zero-order valence-electron chi connectivity index (χ0n) is 6.21. The summed E-state index contributed by atoms with van der Waals surface area (Å²) in [4.78, 5) is 0. The summed E-state index contributed by atoms with van der Waals surface area (Å²) in [7, 11) is 0. The average molecular weight is 196 g/mol. The Labute approximate surface area is 83.1 Å². The van der Waals surface area contributed by atoms with Crippen LogP contribution in [-0.4, -0.2) is 40.7 Å². The van der Waals surface area contributed by atoms with Crippen LogP contribution in [0.25, 0.3) is 0 Å². The quantitative estimate of drug-likeness (QED) is 0.285. The molecule has 0 atom stereocenters. The van der Waals surface area contributed by atoms with Crippen LogP contribution in [0.15, 0.2) is 0 Å². The molecule has 10 heteroatoms. The molecule has 68 valence electrons. The van der Waals surface area contributed by atoms with Crippen LogP contribution in [-0.2, 0) is 11.4 Å². The molecule has 0 aliphatic heterocycles. The van der Waals surface area contributed by atoms with Gasteiger partial charge in [0.15, 0.2) is 0 Å². The largest absolute Gasteiger partial charge is 1.00 e. The Bertz CT molecular complexity index is 37.1. The maximum absolute atomic E-state index is 8.67. The molecule has 0 aromatic heterocycles. The number of hydrogen-bond acceptors (Lipinski definition) is 1. The summed E-state index contributed by atoms with van der Waals surface area (Å²) in [6, 6.07) is 0. The van der Waals surface area contributed by atoms with Crippen LogP contribution in [0.5, 0.6) is 0 Å². The van der Waals surface area contributed by atoms with E-state index in [0.717, 1.165) is 0 Å². The molecule has 0 saturated heterocycles. The molecule has 0 spiro atoms. The van der Waals surface area contributed by atoms with Crippen molar-refractivity contribution in [2.75, 3.05) is 0 Å². The van der Waals surface area contributed by atoms with Crippen molar-refractivity contribution in [1.29, 1.82) is 0 Å². The van der Waals surface area contributed by atoms with Gasteiger partial charge in [0.2, 0.25) is 0 Å². The Hall–Kier alpha value is 0.870. The Morgan fingerprint density at radius 1 is 0.900 bits per heavy atom. The molecule has 0 radical (unpaired) electrons. The van der Waals surface area contributed by atoms with E-state index in [1.54, 1.807) is 0 Å². The fraction of sp³-hybridized carbons (Fsp3) is 0. The van der Waals surface area contributed by atoms with Gasteiger partial charge in [0, 0.05) is 0 Å². The summed E-state index contributed by atoms with van der Waals surface area (Å²) >= 11 is -2.61. The maximum atomic E-state index is 8.67. The van der Waals surface area contributed by atoms with Crippen molar-refractivity contribution in [2.45, 2.75) is 0 Å².